The molecule has 2 fully saturated rings. The minimum Gasteiger partial charge on any atom is -0.504 e. The summed E-state index contributed by atoms with van der Waals surface area (Å²) in [7, 11) is 0. The molecular weight excluding hydrogens is 266 g/mol. The predicted molar refractivity (Wildman–Crippen MR) is 73.6 cm³/mol. The Labute approximate surface area is 117 Å². The third-order valence-electron chi connectivity index (χ3n) is 3.91. The molecule has 0 radical (unpaired) electrons. The average molecular weight is 284 g/mol. The maximum absolute atomic E-state index is 9.89. The van der Waals surface area contributed by atoms with Crippen LogP contribution in [0.15, 0.2) is 18.2 Å². The number of nitrogens with one attached hydrogen (secondary N) is 1. The molecule has 1 aromatic rings. The van der Waals surface area contributed by atoms with Gasteiger partial charge in [0, 0.05) is 18.9 Å². The standard InChI is InChI=1S/C14H18ClNO3/c15-11-2-1-3-12(13(11)17)16-10-4-6-14(7-5-10)18-8-9-19-14/h1-3,10,16-17H,4-9H2. The number of para-hydroxylation sites is 1. The van der Waals surface area contributed by atoms with Crippen LogP contribution in [-0.2, 0) is 9.47 Å². The number of aromatic hydroxyl groups is 1. The first-order chi connectivity index (χ1) is 9.19. The molecule has 5 heteroatoms. The predicted octanol–water partition coefficient (Wildman–Crippen LogP) is 3.14. The zero-order valence-corrected chi connectivity index (χ0v) is 11.4. The molecule has 2 aliphatic rings. The second-order valence-electron chi connectivity index (χ2n) is 5.16. The Morgan fingerprint density at radius 2 is 1.89 bits per heavy atom. The number of hydrogen-bond acceptors (Lipinski definition) is 4. The zero-order valence-electron chi connectivity index (χ0n) is 10.7. The van der Waals surface area contributed by atoms with Gasteiger partial charge in [0.1, 0.15) is 0 Å². The monoisotopic (exact) mass is 283 g/mol. The Kier molecular flexibility index (Phi) is 3.56. The number of phenols is 1. The number of ether oxygens (including phenoxy) is 2. The molecule has 1 heterocycles. The van der Waals surface area contributed by atoms with E-state index in [0.29, 0.717) is 30.0 Å². The van der Waals surface area contributed by atoms with Crippen LogP contribution in [0.25, 0.3) is 0 Å². The van der Waals surface area contributed by atoms with Crippen molar-refractivity contribution in [3.63, 3.8) is 0 Å². The summed E-state index contributed by atoms with van der Waals surface area (Å²) in [4.78, 5) is 0. The average Bonchev–Trinajstić information content (AvgIpc) is 2.86. The SMILES string of the molecule is Oc1c(Cl)cccc1NC1CCC2(CC1)OCCO2. The van der Waals surface area contributed by atoms with Crippen molar-refractivity contribution in [3.05, 3.63) is 23.2 Å². The highest BCUT2D eigenvalue weighted by atomic mass is 35.5. The summed E-state index contributed by atoms with van der Waals surface area (Å²) in [6.45, 7) is 1.40. The van der Waals surface area contributed by atoms with E-state index in [4.69, 9.17) is 21.1 Å². The fourth-order valence-electron chi connectivity index (χ4n) is 2.84. The second-order valence-corrected chi connectivity index (χ2v) is 5.57. The first kappa shape index (κ1) is 13.0. The molecule has 1 saturated heterocycles. The van der Waals surface area contributed by atoms with Gasteiger partial charge < -0.3 is 19.9 Å². The maximum atomic E-state index is 9.89. The van der Waals surface area contributed by atoms with Crippen molar-refractivity contribution in [2.75, 3.05) is 18.5 Å². The first-order valence-electron chi connectivity index (χ1n) is 6.70. The topological polar surface area (TPSA) is 50.7 Å². The Balaban J connectivity index is 1.61. The van der Waals surface area contributed by atoms with E-state index in [0.717, 1.165) is 25.7 Å². The minimum atomic E-state index is -0.339. The van der Waals surface area contributed by atoms with E-state index in [9.17, 15) is 5.11 Å². The van der Waals surface area contributed by atoms with E-state index in [1.54, 1.807) is 6.07 Å². The van der Waals surface area contributed by atoms with E-state index in [-0.39, 0.29) is 11.5 Å². The van der Waals surface area contributed by atoms with Gasteiger partial charge in [0.05, 0.1) is 23.9 Å². The molecule has 0 bridgehead atoms. The molecule has 1 aliphatic heterocycles. The van der Waals surface area contributed by atoms with Crippen LogP contribution in [0.5, 0.6) is 5.75 Å². The lowest BCUT2D eigenvalue weighted by Gasteiger charge is -2.36. The molecule has 4 nitrogen and oxygen atoms in total. The van der Waals surface area contributed by atoms with Crippen LogP contribution in [0.2, 0.25) is 5.02 Å². The van der Waals surface area contributed by atoms with E-state index in [1.807, 2.05) is 12.1 Å². The quantitative estimate of drug-likeness (QED) is 0.819. The summed E-state index contributed by atoms with van der Waals surface area (Å²) in [6, 6.07) is 5.67. The normalized spacial score (nSPS) is 22.8. The van der Waals surface area contributed by atoms with Gasteiger partial charge in [-0.3, -0.25) is 0 Å². The molecule has 0 aromatic heterocycles. The number of benzene rings is 1. The smallest absolute Gasteiger partial charge is 0.168 e. The zero-order chi connectivity index (χ0) is 13.3. The fourth-order valence-corrected chi connectivity index (χ4v) is 3.01. The molecule has 1 saturated carbocycles. The number of hydrogen-bond donors (Lipinski definition) is 2. The van der Waals surface area contributed by atoms with Crippen molar-refractivity contribution in [2.45, 2.75) is 37.5 Å². The van der Waals surface area contributed by atoms with Gasteiger partial charge in [0.2, 0.25) is 0 Å². The summed E-state index contributed by atoms with van der Waals surface area (Å²) in [5.41, 5.74) is 0.696. The number of anilines is 1. The number of rotatable bonds is 2. The van der Waals surface area contributed by atoms with Gasteiger partial charge in [-0.1, -0.05) is 17.7 Å². The Morgan fingerprint density at radius 3 is 2.58 bits per heavy atom. The molecular formula is C14H18ClNO3. The lowest BCUT2D eigenvalue weighted by atomic mass is 9.90. The summed E-state index contributed by atoms with van der Waals surface area (Å²) < 4.78 is 11.4. The van der Waals surface area contributed by atoms with Gasteiger partial charge in [-0.05, 0) is 25.0 Å². The number of phenolic OH excluding ortho intramolecular Hbond substituents is 1. The Bertz CT molecular complexity index is 450. The molecule has 19 heavy (non-hydrogen) atoms. The molecule has 1 spiro atoms. The Morgan fingerprint density at radius 1 is 1.21 bits per heavy atom. The molecule has 3 rings (SSSR count). The van der Waals surface area contributed by atoms with Crippen molar-refractivity contribution in [1.82, 2.24) is 0 Å². The summed E-state index contributed by atoms with van der Waals surface area (Å²) >= 11 is 5.90. The van der Waals surface area contributed by atoms with Crippen molar-refractivity contribution in [1.29, 1.82) is 0 Å². The van der Waals surface area contributed by atoms with Crippen molar-refractivity contribution >= 4 is 17.3 Å². The first-order valence-corrected chi connectivity index (χ1v) is 7.08. The maximum Gasteiger partial charge on any atom is 0.168 e. The molecule has 1 aliphatic carbocycles. The Hall–Kier alpha value is -0.970. The minimum absolute atomic E-state index is 0.123. The van der Waals surface area contributed by atoms with Crippen LogP contribution in [0.1, 0.15) is 25.7 Å². The van der Waals surface area contributed by atoms with Gasteiger partial charge in [-0.2, -0.15) is 0 Å². The molecule has 2 N–H and O–H groups in total. The van der Waals surface area contributed by atoms with E-state index < -0.39 is 0 Å². The molecule has 1 aromatic carbocycles. The third kappa shape index (κ3) is 2.66. The van der Waals surface area contributed by atoms with Gasteiger partial charge in [0.25, 0.3) is 0 Å². The lowest BCUT2D eigenvalue weighted by molar-refractivity contribution is -0.177. The van der Waals surface area contributed by atoms with Gasteiger partial charge >= 0.3 is 0 Å². The van der Waals surface area contributed by atoms with Gasteiger partial charge in [-0.15, -0.1) is 0 Å². The summed E-state index contributed by atoms with van der Waals surface area (Å²) in [6.07, 6.45) is 3.72. The van der Waals surface area contributed by atoms with Crippen LogP contribution in [0.3, 0.4) is 0 Å². The number of halogens is 1. The second kappa shape index (κ2) is 5.19. The van der Waals surface area contributed by atoms with Crippen LogP contribution < -0.4 is 5.32 Å². The van der Waals surface area contributed by atoms with Crippen LogP contribution in [-0.4, -0.2) is 30.1 Å². The third-order valence-corrected chi connectivity index (χ3v) is 4.21. The van der Waals surface area contributed by atoms with Gasteiger partial charge in [-0.25, -0.2) is 0 Å². The van der Waals surface area contributed by atoms with Crippen molar-refractivity contribution < 1.29 is 14.6 Å². The van der Waals surface area contributed by atoms with E-state index in [1.165, 1.54) is 0 Å². The van der Waals surface area contributed by atoms with E-state index >= 15 is 0 Å². The van der Waals surface area contributed by atoms with Crippen molar-refractivity contribution in [2.24, 2.45) is 0 Å². The molecule has 104 valence electrons. The van der Waals surface area contributed by atoms with Crippen LogP contribution in [0, 0.1) is 0 Å². The molecule has 0 unspecified atom stereocenters. The molecule has 0 amide bonds. The summed E-state index contributed by atoms with van der Waals surface area (Å²) in [5, 5.41) is 13.6. The summed E-state index contributed by atoms with van der Waals surface area (Å²) in [5.74, 6) is -0.216. The highest BCUT2D eigenvalue weighted by molar-refractivity contribution is 6.32. The lowest BCUT2D eigenvalue weighted by Crippen LogP contribution is -2.39. The van der Waals surface area contributed by atoms with Gasteiger partial charge in [0.15, 0.2) is 11.5 Å². The van der Waals surface area contributed by atoms with Crippen molar-refractivity contribution in [3.8, 4) is 5.75 Å². The largest absolute Gasteiger partial charge is 0.504 e. The van der Waals surface area contributed by atoms with Crippen LogP contribution >= 0.6 is 11.6 Å². The van der Waals surface area contributed by atoms with E-state index in [2.05, 4.69) is 5.32 Å². The molecule has 0 atom stereocenters. The van der Waals surface area contributed by atoms with Crippen LogP contribution in [0.4, 0.5) is 5.69 Å². The fraction of sp³-hybridized carbons (Fsp3) is 0.571. The highest BCUT2D eigenvalue weighted by Crippen LogP contribution is 2.38. The highest BCUT2D eigenvalue weighted by Gasteiger charge is 2.40.